The second kappa shape index (κ2) is 10.9. The van der Waals surface area contributed by atoms with Gasteiger partial charge in [0.25, 0.3) is 0 Å². The Bertz CT molecular complexity index is 154. The molecule has 0 saturated heterocycles. The van der Waals surface area contributed by atoms with Gasteiger partial charge in [0.05, 0.1) is 12.1 Å². The lowest BCUT2D eigenvalue weighted by atomic mass is 10.2. The second-order valence-electron chi connectivity index (χ2n) is 3.35. The highest BCUT2D eigenvalue weighted by Gasteiger charge is 2.03. The smallest absolute Gasteiger partial charge is 0.0960 e. The van der Waals surface area contributed by atoms with E-state index in [1.807, 2.05) is 18.7 Å². The SMILES string of the molecule is CCCCCSCCC(C#N)NCC. The molecule has 0 spiro atoms. The summed E-state index contributed by atoms with van der Waals surface area (Å²) in [4.78, 5) is 0. The molecule has 1 unspecified atom stereocenters. The van der Waals surface area contributed by atoms with E-state index in [1.165, 1.54) is 25.0 Å². The first kappa shape index (κ1) is 13.8. The number of hydrogen-bond acceptors (Lipinski definition) is 3. The van der Waals surface area contributed by atoms with E-state index in [-0.39, 0.29) is 6.04 Å². The molecule has 82 valence electrons. The lowest BCUT2D eigenvalue weighted by molar-refractivity contribution is 0.612. The Morgan fingerprint density at radius 2 is 2.07 bits per heavy atom. The Balaban J connectivity index is 3.21. The summed E-state index contributed by atoms with van der Waals surface area (Å²) in [6.07, 6.45) is 4.92. The molecule has 2 nitrogen and oxygen atoms in total. The molecule has 1 atom stereocenters. The number of nitrogens with one attached hydrogen (secondary N) is 1. The van der Waals surface area contributed by atoms with Crippen LogP contribution in [0.2, 0.25) is 0 Å². The molecule has 0 aromatic heterocycles. The maximum absolute atomic E-state index is 8.78. The number of thioether (sulfide) groups is 1. The third-order valence-corrected chi connectivity index (χ3v) is 3.15. The molecule has 0 aromatic rings. The van der Waals surface area contributed by atoms with Crippen LogP contribution in [0.4, 0.5) is 0 Å². The fourth-order valence-electron chi connectivity index (χ4n) is 1.22. The molecule has 0 rings (SSSR count). The molecule has 14 heavy (non-hydrogen) atoms. The summed E-state index contributed by atoms with van der Waals surface area (Å²) in [5.74, 6) is 2.35. The minimum atomic E-state index is 0.0543. The minimum absolute atomic E-state index is 0.0543. The van der Waals surface area contributed by atoms with Crippen molar-refractivity contribution in [1.29, 1.82) is 5.26 Å². The van der Waals surface area contributed by atoms with Gasteiger partial charge in [-0.3, -0.25) is 0 Å². The first-order valence-electron chi connectivity index (χ1n) is 5.55. The zero-order valence-corrected chi connectivity index (χ0v) is 10.2. The van der Waals surface area contributed by atoms with Gasteiger partial charge < -0.3 is 5.32 Å². The van der Waals surface area contributed by atoms with Gasteiger partial charge in [-0.2, -0.15) is 17.0 Å². The van der Waals surface area contributed by atoms with E-state index in [4.69, 9.17) is 5.26 Å². The normalized spacial score (nSPS) is 12.4. The summed E-state index contributed by atoms with van der Waals surface area (Å²) >= 11 is 1.97. The van der Waals surface area contributed by atoms with Crippen LogP contribution < -0.4 is 5.32 Å². The van der Waals surface area contributed by atoms with E-state index < -0.39 is 0 Å². The summed E-state index contributed by atoms with van der Waals surface area (Å²) in [7, 11) is 0. The quantitative estimate of drug-likeness (QED) is 0.600. The highest BCUT2D eigenvalue weighted by Crippen LogP contribution is 2.08. The van der Waals surface area contributed by atoms with E-state index in [9.17, 15) is 0 Å². The Morgan fingerprint density at radius 1 is 1.29 bits per heavy atom. The van der Waals surface area contributed by atoms with Crippen LogP contribution in [0.15, 0.2) is 0 Å². The van der Waals surface area contributed by atoms with Crippen molar-refractivity contribution in [2.75, 3.05) is 18.1 Å². The zero-order valence-electron chi connectivity index (χ0n) is 9.38. The predicted octanol–water partition coefficient (Wildman–Crippen LogP) is 2.80. The Morgan fingerprint density at radius 3 is 2.64 bits per heavy atom. The van der Waals surface area contributed by atoms with Gasteiger partial charge in [0.2, 0.25) is 0 Å². The fourth-order valence-corrected chi connectivity index (χ4v) is 2.23. The fraction of sp³-hybridized carbons (Fsp3) is 0.909. The average Bonchev–Trinajstić information content (AvgIpc) is 2.21. The number of nitriles is 1. The summed E-state index contributed by atoms with van der Waals surface area (Å²) in [6.45, 7) is 5.15. The van der Waals surface area contributed by atoms with E-state index in [2.05, 4.69) is 18.3 Å². The largest absolute Gasteiger partial charge is 0.302 e. The Kier molecular flexibility index (Phi) is 10.7. The first-order chi connectivity index (χ1) is 6.85. The lowest BCUT2D eigenvalue weighted by Gasteiger charge is -2.08. The van der Waals surface area contributed by atoms with Crippen LogP contribution in [0, 0.1) is 11.3 Å². The molecule has 0 saturated carbocycles. The molecule has 0 aliphatic carbocycles. The van der Waals surface area contributed by atoms with Gasteiger partial charge in [-0.1, -0.05) is 26.7 Å². The van der Waals surface area contributed by atoms with Gasteiger partial charge in [0.15, 0.2) is 0 Å². The van der Waals surface area contributed by atoms with Gasteiger partial charge in [0.1, 0.15) is 0 Å². The van der Waals surface area contributed by atoms with Crippen LogP contribution in [0.3, 0.4) is 0 Å². The average molecular weight is 214 g/mol. The summed E-state index contributed by atoms with van der Waals surface area (Å²) in [6, 6.07) is 2.33. The molecule has 0 aliphatic rings. The molecule has 0 bridgehead atoms. The van der Waals surface area contributed by atoms with Gasteiger partial charge in [0, 0.05) is 0 Å². The molecular weight excluding hydrogens is 192 g/mol. The summed E-state index contributed by atoms with van der Waals surface area (Å²) < 4.78 is 0. The van der Waals surface area contributed by atoms with Crippen molar-refractivity contribution < 1.29 is 0 Å². The van der Waals surface area contributed by atoms with Crippen molar-refractivity contribution in [3.63, 3.8) is 0 Å². The van der Waals surface area contributed by atoms with Crippen molar-refractivity contribution >= 4 is 11.8 Å². The molecule has 0 radical (unpaired) electrons. The van der Waals surface area contributed by atoms with Crippen LogP contribution in [0.5, 0.6) is 0 Å². The molecule has 0 aromatic carbocycles. The molecule has 0 aliphatic heterocycles. The van der Waals surface area contributed by atoms with Crippen molar-refractivity contribution in [1.82, 2.24) is 5.32 Å². The van der Waals surface area contributed by atoms with E-state index in [0.29, 0.717) is 0 Å². The third kappa shape index (κ3) is 8.40. The monoisotopic (exact) mass is 214 g/mol. The lowest BCUT2D eigenvalue weighted by Crippen LogP contribution is -2.27. The van der Waals surface area contributed by atoms with E-state index in [0.717, 1.165) is 18.7 Å². The van der Waals surface area contributed by atoms with Gasteiger partial charge >= 0.3 is 0 Å². The number of rotatable bonds is 9. The topological polar surface area (TPSA) is 35.8 Å². The highest BCUT2D eigenvalue weighted by atomic mass is 32.2. The number of hydrogen-bond donors (Lipinski definition) is 1. The maximum Gasteiger partial charge on any atom is 0.0960 e. The van der Waals surface area contributed by atoms with E-state index in [1.54, 1.807) is 0 Å². The number of unbranched alkanes of at least 4 members (excludes halogenated alkanes) is 2. The standard InChI is InChI=1S/C11H22N2S/c1-3-5-6-8-14-9-7-11(10-12)13-4-2/h11,13H,3-9H2,1-2H3. The Labute approximate surface area is 92.5 Å². The third-order valence-electron chi connectivity index (χ3n) is 2.05. The summed E-state index contributed by atoms with van der Waals surface area (Å²) in [5, 5.41) is 11.9. The molecule has 0 heterocycles. The van der Waals surface area contributed by atoms with Crippen LogP contribution >= 0.6 is 11.8 Å². The van der Waals surface area contributed by atoms with Gasteiger partial charge in [-0.05, 0) is 30.9 Å². The molecule has 0 fully saturated rings. The van der Waals surface area contributed by atoms with Crippen LogP contribution in [-0.4, -0.2) is 24.1 Å². The molecule has 3 heteroatoms. The molecule has 1 N–H and O–H groups in total. The van der Waals surface area contributed by atoms with Crippen molar-refractivity contribution in [3.8, 4) is 6.07 Å². The summed E-state index contributed by atoms with van der Waals surface area (Å²) in [5.41, 5.74) is 0. The second-order valence-corrected chi connectivity index (χ2v) is 4.57. The van der Waals surface area contributed by atoms with Crippen molar-refractivity contribution in [3.05, 3.63) is 0 Å². The number of nitrogens with zero attached hydrogens (tertiary/aromatic N) is 1. The predicted molar refractivity (Wildman–Crippen MR) is 64.5 cm³/mol. The van der Waals surface area contributed by atoms with Gasteiger partial charge in [-0.15, -0.1) is 0 Å². The molecule has 0 amide bonds. The zero-order chi connectivity index (χ0) is 10.6. The first-order valence-corrected chi connectivity index (χ1v) is 6.71. The Hall–Kier alpha value is -0.200. The van der Waals surface area contributed by atoms with Crippen LogP contribution in [-0.2, 0) is 0 Å². The van der Waals surface area contributed by atoms with Crippen LogP contribution in [0.1, 0.15) is 39.5 Å². The van der Waals surface area contributed by atoms with E-state index >= 15 is 0 Å². The van der Waals surface area contributed by atoms with Crippen molar-refractivity contribution in [2.45, 2.75) is 45.6 Å². The maximum atomic E-state index is 8.78. The van der Waals surface area contributed by atoms with Gasteiger partial charge in [-0.25, -0.2) is 0 Å². The molecular formula is C11H22N2S. The minimum Gasteiger partial charge on any atom is -0.302 e. The van der Waals surface area contributed by atoms with Crippen molar-refractivity contribution in [2.24, 2.45) is 0 Å². The highest BCUT2D eigenvalue weighted by molar-refractivity contribution is 7.99. The van der Waals surface area contributed by atoms with Crippen LogP contribution in [0.25, 0.3) is 0 Å².